The van der Waals surface area contributed by atoms with Crippen molar-refractivity contribution in [3.8, 4) is 5.75 Å². The van der Waals surface area contributed by atoms with E-state index in [0.717, 1.165) is 40.9 Å². The Bertz CT molecular complexity index is 1010. The summed E-state index contributed by atoms with van der Waals surface area (Å²) >= 11 is 0. The van der Waals surface area contributed by atoms with Crippen LogP contribution in [0.5, 0.6) is 5.75 Å². The molecule has 0 aliphatic carbocycles. The molecule has 3 heterocycles. The predicted octanol–water partition coefficient (Wildman–Crippen LogP) is 1.00. The van der Waals surface area contributed by atoms with Gasteiger partial charge in [0.05, 0.1) is 53.1 Å². The molecule has 1 N–H and O–H groups in total. The summed E-state index contributed by atoms with van der Waals surface area (Å²) in [4.78, 5) is 12.0. The van der Waals surface area contributed by atoms with E-state index in [9.17, 15) is 4.21 Å². The van der Waals surface area contributed by atoms with E-state index in [0.29, 0.717) is 31.4 Å². The van der Waals surface area contributed by atoms with Gasteiger partial charge in [-0.05, 0) is 25.1 Å². The molecule has 1 atom stereocenters. The van der Waals surface area contributed by atoms with Crippen molar-refractivity contribution in [2.24, 2.45) is 0 Å². The van der Waals surface area contributed by atoms with E-state index in [-0.39, 0.29) is 36.7 Å². The molecule has 0 radical (unpaired) electrons. The second-order valence-electron chi connectivity index (χ2n) is 7.39. The van der Waals surface area contributed by atoms with Crippen molar-refractivity contribution in [2.75, 3.05) is 19.8 Å². The number of benzene rings is 1. The van der Waals surface area contributed by atoms with Crippen LogP contribution in [0, 0.1) is 6.92 Å². The Morgan fingerprint density at radius 1 is 1.23 bits per heavy atom. The molecule has 2 aromatic heterocycles. The Balaban J connectivity index is 0.00000181. The number of pyridine rings is 1. The van der Waals surface area contributed by atoms with Gasteiger partial charge in [-0.3, -0.25) is 9.19 Å². The average Bonchev–Trinajstić information content (AvgIpc) is 3.38. The molecule has 31 heavy (non-hydrogen) atoms. The standard InChI is InChI=1S/C22H27N3O4S.Na.H/c1-3-9-22(28-13-14-29-22)10-12-27-20-8-11-23-19(16(20)2)15-30(26)21-24-17-6-4-5-7-18(17)25-21;;/h4-8,11H,3,9-10,12-15H2,1-2H3,(H,24,25);;/q;+1;-1. The molecule has 1 saturated heterocycles. The molecule has 0 bridgehead atoms. The molecule has 1 aromatic carbocycles. The quantitative estimate of drug-likeness (QED) is 0.487. The Labute approximate surface area is 208 Å². The number of hydrogen-bond donors (Lipinski definition) is 1. The third-order valence-electron chi connectivity index (χ3n) is 5.29. The van der Waals surface area contributed by atoms with Gasteiger partial charge in [0.15, 0.2) is 10.9 Å². The Kier molecular flexibility index (Phi) is 8.66. The van der Waals surface area contributed by atoms with Crippen molar-refractivity contribution in [3.05, 3.63) is 47.8 Å². The van der Waals surface area contributed by atoms with Gasteiger partial charge < -0.3 is 20.6 Å². The Morgan fingerprint density at radius 3 is 2.74 bits per heavy atom. The zero-order valence-electron chi connectivity index (χ0n) is 19.3. The number of H-pyrrole nitrogens is 1. The fourth-order valence-electron chi connectivity index (χ4n) is 3.70. The minimum absolute atomic E-state index is 0. The number of para-hydroxylation sites is 2. The topological polar surface area (TPSA) is 86.3 Å². The molecule has 9 heteroatoms. The van der Waals surface area contributed by atoms with Gasteiger partial charge in [0, 0.05) is 24.6 Å². The van der Waals surface area contributed by atoms with E-state index in [1.807, 2.05) is 37.3 Å². The first-order chi connectivity index (χ1) is 14.6. The molecule has 0 amide bonds. The zero-order chi connectivity index (χ0) is 21.0. The van der Waals surface area contributed by atoms with Crippen LogP contribution in [-0.4, -0.2) is 44.8 Å². The third kappa shape index (κ3) is 5.74. The molecular formula is C22H28N3NaO4S. The summed E-state index contributed by atoms with van der Waals surface area (Å²) in [6.45, 7) is 5.81. The summed E-state index contributed by atoms with van der Waals surface area (Å²) in [7, 11) is -1.33. The SMILES string of the molecule is CCCC1(CCOc2ccnc(CS(=O)c3nc4ccccc4[nH]3)c2C)OCCO1.[H-].[Na+]. The van der Waals surface area contributed by atoms with Crippen LogP contribution in [0.3, 0.4) is 0 Å². The van der Waals surface area contributed by atoms with E-state index in [1.54, 1.807) is 6.20 Å². The first kappa shape index (κ1) is 24.4. The molecule has 0 saturated carbocycles. The van der Waals surface area contributed by atoms with Crippen molar-refractivity contribution in [1.29, 1.82) is 0 Å². The van der Waals surface area contributed by atoms with Gasteiger partial charge in [0.25, 0.3) is 0 Å². The predicted molar refractivity (Wildman–Crippen MR) is 116 cm³/mol. The van der Waals surface area contributed by atoms with E-state index < -0.39 is 16.6 Å². The van der Waals surface area contributed by atoms with Gasteiger partial charge >= 0.3 is 29.6 Å². The van der Waals surface area contributed by atoms with Crippen LogP contribution in [0.2, 0.25) is 0 Å². The van der Waals surface area contributed by atoms with Crippen LogP contribution in [0.25, 0.3) is 11.0 Å². The minimum atomic E-state index is -1.33. The first-order valence-electron chi connectivity index (χ1n) is 10.3. The number of imidazole rings is 1. The van der Waals surface area contributed by atoms with Crippen LogP contribution in [0.4, 0.5) is 0 Å². The normalized spacial score (nSPS) is 16.2. The van der Waals surface area contributed by atoms with E-state index in [1.165, 1.54) is 0 Å². The molecule has 1 aliphatic heterocycles. The monoisotopic (exact) mass is 453 g/mol. The van der Waals surface area contributed by atoms with Crippen LogP contribution in [0.1, 0.15) is 38.9 Å². The van der Waals surface area contributed by atoms with Crippen LogP contribution < -0.4 is 34.3 Å². The Hall–Kier alpha value is -1.29. The van der Waals surface area contributed by atoms with E-state index >= 15 is 0 Å². The second-order valence-corrected chi connectivity index (χ2v) is 8.75. The van der Waals surface area contributed by atoms with Gasteiger partial charge in [-0.25, -0.2) is 4.98 Å². The maximum atomic E-state index is 12.9. The first-order valence-corrected chi connectivity index (χ1v) is 11.6. The summed E-state index contributed by atoms with van der Waals surface area (Å²) in [5, 5.41) is 0.459. The summed E-state index contributed by atoms with van der Waals surface area (Å²) in [5.41, 5.74) is 3.31. The number of aromatic nitrogens is 3. The minimum Gasteiger partial charge on any atom is -1.00 e. The molecule has 3 aromatic rings. The van der Waals surface area contributed by atoms with Crippen molar-refractivity contribution in [3.63, 3.8) is 0 Å². The molecule has 1 aliphatic rings. The van der Waals surface area contributed by atoms with Gasteiger partial charge in [-0.1, -0.05) is 25.5 Å². The second kappa shape index (κ2) is 11.0. The van der Waals surface area contributed by atoms with Crippen molar-refractivity contribution >= 4 is 21.8 Å². The molecule has 162 valence electrons. The van der Waals surface area contributed by atoms with Gasteiger partial charge in [0.2, 0.25) is 0 Å². The van der Waals surface area contributed by atoms with Crippen molar-refractivity contribution in [2.45, 2.75) is 49.8 Å². The van der Waals surface area contributed by atoms with Crippen molar-refractivity contribution < 1.29 is 49.4 Å². The zero-order valence-corrected chi connectivity index (χ0v) is 21.2. The van der Waals surface area contributed by atoms with Crippen molar-refractivity contribution in [1.82, 2.24) is 15.0 Å². The number of ether oxygens (including phenoxy) is 3. The fourth-order valence-corrected chi connectivity index (χ4v) is 4.80. The van der Waals surface area contributed by atoms with Gasteiger partial charge in [-0.2, -0.15) is 0 Å². The van der Waals surface area contributed by atoms with Gasteiger partial charge in [-0.15, -0.1) is 0 Å². The molecule has 0 spiro atoms. The average molecular weight is 454 g/mol. The maximum absolute atomic E-state index is 12.9. The van der Waals surface area contributed by atoms with Crippen LogP contribution in [-0.2, 0) is 26.0 Å². The van der Waals surface area contributed by atoms with Crippen LogP contribution in [0.15, 0.2) is 41.7 Å². The number of aromatic amines is 1. The van der Waals surface area contributed by atoms with E-state index in [2.05, 4.69) is 21.9 Å². The van der Waals surface area contributed by atoms with E-state index in [4.69, 9.17) is 14.2 Å². The molecular weight excluding hydrogens is 425 g/mol. The van der Waals surface area contributed by atoms with Crippen LogP contribution >= 0.6 is 0 Å². The number of nitrogens with one attached hydrogen (secondary N) is 1. The summed E-state index contributed by atoms with van der Waals surface area (Å²) in [6.07, 6.45) is 4.21. The summed E-state index contributed by atoms with van der Waals surface area (Å²) in [5.74, 6) is 0.488. The fraction of sp³-hybridized carbons (Fsp3) is 0.455. The molecule has 7 nitrogen and oxygen atoms in total. The number of hydrogen-bond acceptors (Lipinski definition) is 6. The smallest absolute Gasteiger partial charge is 1.00 e. The summed E-state index contributed by atoms with van der Waals surface area (Å²) < 4.78 is 30.5. The number of rotatable bonds is 9. The largest absolute Gasteiger partial charge is 1.00 e. The Morgan fingerprint density at radius 2 is 2.00 bits per heavy atom. The number of nitrogens with zero attached hydrogens (tertiary/aromatic N) is 2. The number of fused-ring (bicyclic) bond motifs is 1. The molecule has 4 rings (SSSR count). The molecule has 1 unspecified atom stereocenters. The van der Waals surface area contributed by atoms with Gasteiger partial charge in [0.1, 0.15) is 5.75 Å². The summed E-state index contributed by atoms with van der Waals surface area (Å²) in [6, 6.07) is 9.49. The molecule has 1 fully saturated rings. The maximum Gasteiger partial charge on any atom is 1.00 e. The third-order valence-corrected chi connectivity index (χ3v) is 6.46.